The number of hydrogen-bond acceptors (Lipinski definition) is 8. The molecule has 1 heterocycles. The standard InChI is InChI=1S/C11H15FN2O4S.C5H10BNO3/c1-7(2)14-11(15)8-3-4-9(6-13)10(5-8)18-19(12,16)17;8-4-7-3-1-2-5(7)6(9)10/h3-5,7H,6,13H2,1-2H3,(H,14,15);4-5,9-10H,1-3H2. The van der Waals surface area contributed by atoms with Gasteiger partial charge in [0.15, 0.2) is 5.75 Å². The molecule has 29 heavy (non-hydrogen) atoms. The van der Waals surface area contributed by atoms with Crippen LogP contribution >= 0.6 is 0 Å². The Labute approximate surface area is 169 Å². The minimum absolute atomic E-state index is 0.0447. The predicted octanol–water partition coefficient (Wildman–Crippen LogP) is -0.504. The predicted molar refractivity (Wildman–Crippen MR) is 104 cm³/mol. The van der Waals surface area contributed by atoms with E-state index in [9.17, 15) is 21.9 Å². The number of nitrogens with zero attached hydrogens (tertiary/aromatic N) is 1. The third kappa shape index (κ3) is 8.35. The summed E-state index contributed by atoms with van der Waals surface area (Å²) in [7, 11) is -6.54. The van der Waals surface area contributed by atoms with Gasteiger partial charge in [-0.2, -0.15) is 8.42 Å². The summed E-state index contributed by atoms with van der Waals surface area (Å²) in [6.45, 7) is 4.15. The van der Waals surface area contributed by atoms with E-state index >= 15 is 0 Å². The Morgan fingerprint density at radius 1 is 1.48 bits per heavy atom. The summed E-state index contributed by atoms with van der Waals surface area (Å²) in [6, 6.07) is 3.92. The van der Waals surface area contributed by atoms with Crippen LogP contribution in [0.15, 0.2) is 18.2 Å². The van der Waals surface area contributed by atoms with Gasteiger partial charge in [0.05, 0.1) is 5.94 Å². The molecule has 0 saturated carbocycles. The smallest absolute Gasteiger partial charge is 0.426 e. The molecule has 1 aromatic carbocycles. The van der Waals surface area contributed by atoms with Gasteiger partial charge in [0.1, 0.15) is 0 Å². The fourth-order valence-electron chi connectivity index (χ4n) is 2.66. The first-order chi connectivity index (χ1) is 13.5. The van der Waals surface area contributed by atoms with Crippen molar-refractivity contribution in [3.63, 3.8) is 0 Å². The van der Waals surface area contributed by atoms with Gasteiger partial charge in [-0.1, -0.05) is 9.95 Å². The lowest BCUT2D eigenvalue weighted by molar-refractivity contribution is -0.118. The van der Waals surface area contributed by atoms with Crippen molar-refractivity contribution in [3.05, 3.63) is 29.3 Å². The maximum Gasteiger partial charge on any atom is 0.488 e. The number of carbonyl (C=O) groups excluding carboxylic acids is 2. The monoisotopic (exact) mass is 433 g/mol. The van der Waals surface area contributed by atoms with Gasteiger partial charge in [0, 0.05) is 30.3 Å². The summed E-state index contributed by atoms with van der Waals surface area (Å²) in [6.07, 6.45) is 2.22. The molecule has 0 bridgehead atoms. The van der Waals surface area contributed by atoms with Crippen molar-refractivity contribution in [1.29, 1.82) is 0 Å². The molecule has 0 aliphatic carbocycles. The number of amides is 2. The lowest BCUT2D eigenvalue weighted by Crippen LogP contribution is -2.41. The van der Waals surface area contributed by atoms with Crippen LogP contribution in [0.25, 0.3) is 0 Å². The number of benzene rings is 1. The topological polar surface area (TPSA) is 159 Å². The van der Waals surface area contributed by atoms with Gasteiger partial charge < -0.3 is 30.2 Å². The van der Waals surface area contributed by atoms with E-state index in [4.69, 9.17) is 15.8 Å². The summed E-state index contributed by atoms with van der Waals surface area (Å²) in [4.78, 5) is 23.4. The van der Waals surface area contributed by atoms with Gasteiger partial charge in [-0.05, 0) is 38.8 Å². The molecule has 1 unspecified atom stereocenters. The van der Waals surface area contributed by atoms with E-state index in [1.165, 1.54) is 17.0 Å². The Morgan fingerprint density at radius 2 is 2.14 bits per heavy atom. The van der Waals surface area contributed by atoms with Gasteiger partial charge in [-0.15, -0.1) is 0 Å². The van der Waals surface area contributed by atoms with E-state index in [-0.39, 0.29) is 35.4 Å². The van der Waals surface area contributed by atoms with Crippen molar-refractivity contribution < 1.29 is 36.1 Å². The molecule has 0 aromatic heterocycles. The molecule has 1 aliphatic rings. The maximum absolute atomic E-state index is 12.5. The van der Waals surface area contributed by atoms with Gasteiger partial charge in [-0.3, -0.25) is 9.59 Å². The van der Waals surface area contributed by atoms with Crippen LogP contribution in [0.4, 0.5) is 3.89 Å². The first kappa shape index (κ1) is 24.8. The van der Waals surface area contributed by atoms with Crippen LogP contribution in [0.5, 0.6) is 5.75 Å². The fraction of sp³-hybridized carbons (Fsp3) is 0.500. The molecule has 1 atom stereocenters. The quantitative estimate of drug-likeness (QED) is 0.254. The van der Waals surface area contributed by atoms with Crippen LogP contribution in [0.1, 0.15) is 42.6 Å². The largest absolute Gasteiger partial charge is 0.488 e. The average Bonchev–Trinajstić information content (AvgIpc) is 3.09. The Balaban J connectivity index is 0.000000352. The zero-order valence-corrected chi connectivity index (χ0v) is 16.9. The summed E-state index contributed by atoms with van der Waals surface area (Å²) >= 11 is 0. The molecule has 1 fully saturated rings. The SMILES string of the molecule is CC(C)NC(=O)c1ccc(CN)c(OS(=O)(=O)F)c1.O=CN1CCCC1B(O)O. The second-order valence-electron chi connectivity index (χ2n) is 6.60. The van der Waals surface area contributed by atoms with Crippen LogP contribution in [0.3, 0.4) is 0 Å². The molecule has 10 nitrogen and oxygen atoms in total. The highest BCUT2D eigenvalue weighted by Crippen LogP contribution is 2.22. The summed E-state index contributed by atoms with van der Waals surface area (Å²) < 4.78 is 37.7. The van der Waals surface area contributed by atoms with Gasteiger partial charge in [0.2, 0.25) is 6.41 Å². The highest BCUT2D eigenvalue weighted by atomic mass is 32.3. The highest BCUT2D eigenvalue weighted by molar-refractivity contribution is 7.81. The zero-order valence-electron chi connectivity index (χ0n) is 16.1. The zero-order chi connectivity index (χ0) is 22.2. The highest BCUT2D eigenvalue weighted by Gasteiger charge is 2.32. The number of halogens is 1. The molecule has 13 heteroatoms. The van der Waals surface area contributed by atoms with Crippen molar-refractivity contribution in [2.45, 2.75) is 45.2 Å². The van der Waals surface area contributed by atoms with Crippen LogP contribution in [0.2, 0.25) is 0 Å². The fourth-order valence-corrected chi connectivity index (χ4v) is 3.03. The molecule has 0 spiro atoms. The van der Waals surface area contributed by atoms with E-state index in [0.717, 1.165) is 12.5 Å². The number of hydrogen-bond donors (Lipinski definition) is 4. The number of nitrogens with two attached hydrogens (primary N) is 1. The number of likely N-dealkylation sites (tertiary alicyclic amines) is 1. The van der Waals surface area contributed by atoms with E-state index in [1.807, 2.05) is 0 Å². The van der Waals surface area contributed by atoms with Crippen LogP contribution in [0, 0.1) is 0 Å². The number of nitrogens with one attached hydrogen (secondary N) is 1. The average molecular weight is 433 g/mol. The maximum atomic E-state index is 12.5. The number of rotatable bonds is 7. The van der Waals surface area contributed by atoms with E-state index in [2.05, 4.69) is 9.50 Å². The van der Waals surface area contributed by atoms with Crippen molar-refractivity contribution in [3.8, 4) is 5.75 Å². The third-order valence-corrected chi connectivity index (χ3v) is 4.36. The molecule has 2 rings (SSSR count). The van der Waals surface area contributed by atoms with Gasteiger partial charge in [0.25, 0.3) is 5.91 Å². The minimum Gasteiger partial charge on any atom is -0.426 e. The Kier molecular flexibility index (Phi) is 9.50. The molecule has 1 saturated heterocycles. The second kappa shape index (κ2) is 11.1. The minimum atomic E-state index is -5.16. The van der Waals surface area contributed by atoms with Crippen molar-refractivity contribution in [2.75, 3.05) is 6.54 Å². The summed E-state index contributed by atoms with van der Waals surface area (Å²) in [5, 5.41) is 20.0. The Morgan fingerprint density at radius 3 is 2.59 bits per heavy atom. The van der Waals surface area contributed by atoms with Crippen molar-refractivity contribution >= 4 is 29.9 Å². The van der Waals surface area contributed by atoms with Crippen LogP contribution < -0.4 is 15.2 Å². The summed E-state index contributed by atoms with van der Waals surface area (Å²) in [5.74, 6) is -1.08. The van der Waals surface area contributed by atoms with Gasteiger partial charge in [-0.25, -0.2) is 0 Å². The first-order valence-corrected chi connectivity index (χ1v) is 10.1. The Hall–Kier alpha value is -2.22. The van der Waals surface area contributed by atoms with Crippen LogP contribution in [-0.4, -0.2) is 61.3 Å². The molecular weight excluding hydrogens is 408 g/mol. The van der Waals surface area contributed by atoms with E-state index in [0.29, 0.717) is 19.4 Å². The normalized spacial score (nSPS) is 16.1. The Bertz CT molecular complexity index is 808. The first-order valence-electron chi connectivity index (χ1n) is 8.83. The molecule has 5 N–H and O–H groups in total. The lowest BCUT2D eigenvalue weighted by atomic mass is 9.78. The van der Waals surface area contributed by atoms with Gasteiger partial charge >= 0.3 is 17.6 Å². The molecule has 1 aromatic rings. The molecular formula is C16H25BFN3O7S. The molecule has 1 aliphatic heterocycles. The van der Waals surface area contributed by atoms with E-state index < -0.39 is 23.5 Å². The summed E-state index contributed by atoms with van der Waals surface area (Å²) in [5.41, 5.74) is 5.82. The number of carbonyl (C=O) groups is 2. The molecule has 162 valence electrons. The van der Waals surface area contributed by atoms with Crippen molar-refractivity contribution in [2.24, 2.45) is 5.73 Å². The van der Waals surface area contributed by atoms with E-state index in [1.54, 1.807) is 13.8 Å². The lowest BCUT2D eigenvalue weighted by Gasteiger charge is -2.17. The molecule has 0 radical (unpaired) electrons. The molecule has 2 amide bonds. The van der Waals surface area contributed by atoms with Crippen LogP contribution in [-0.2, 0) is 21.8 Å². The second-order valence-corrected chi connectivity index (χ2v) is 7.55. The third-order valence-electron chi connectivity index (χ3n) is 3.98. The van der Waals surface area contributed by atoms with Crippen molar-refractivity contribution in [1.82, 2.24) is 10.2 Å².